The van der Waals surface area contributed by atoms with Crippen LogP contribution in [0.5, 0.6) is 0 Å². The Hall–Kier alpha value is -5.22. The van der Waals surface area contributed by atoms with Gasteiger partial charge in [0, 0.05) is 17.1 Å². The number of aromatic nitrogens is 4. The smallest absolute Gasteiger partial charge is 0.356 e. The minimum Gasteiger partial charge on any atom is -0.448 e. The summed E-state index contributed by atoms with van der Waals surface area (Å²) in [4.78, 5) is 51.6. The van der Waals surface area contributed by atoms with Crippen molar-refractivity contribution in [1.82, 2.24) is 24.1 Å². The number of esters is 1. The number of ether oxygens (including phenoxy) is 1. The molecule has 6 rings (SSSR count). The first kappa shape index (κ1) is 31.7. The second-order valence-corrected chi connectivity index (χ2v) is 13.0. The Labute approximate surface area is 276 Å². The van der Waals surface area contributed by atoms with E-state index < -0.39 is 46.1 Å². The number of nitrogen functional groups attached to an aromatic ring is 1. The molecule has 4 aromatic rings. The van der Waals surface area contributed by atoms with Crippen molar-refractivity contribution < 1.29 is 32.7 Å². The Bertz CT molecular complexity index is 1850. The fourth-order valence-electron chi connectivity index (χ4n) is 5.38. The highest BCUT2D eigenvalue weighted by atomic mass is 32.2. The van der Waals surface area contributed by atoms with E-state index in [1.807, 2.05) is 83.0 Å². The van der Waals surface area contributed by atoms with Gasteiger partial charge < -0.3 is 20.6 Å². The van der Waals surface area contributed by atoms with Crippen molar-refractivity contribution in [2.45, 2.75) is 31.0 Å². The van der Waals surface area contributed by atoms with E-state index in [1.165, 1.54) is 4.90 Å². The first-order chi connectivity index (χ1) is 22.7. The zero-order valence-corrected chi connectivity index (χ0v) is 27.0. The topological polar surface area (TPSA) is 175 Å². The van der Waals surface area contributed by atoms with Crippen molar-refractivity contribution in [3.63, 3.8) is 0 Å². The predicted molar refractivity (Wildman–Crippen MR) is 172 cm³/mol. The molecule has 0 aliphatic carbocycles. The summed E-state index contributed by atoms with van der Waals surface area (Å²) in [7, 11) is 0.163. The fraction of sp³-hybridized carbons (Fsp3) is 0.258. The average Bonchev–Trinajstić information content (AvgIpc) is 3.70. The molecular weight excluding hydrogens is 645 g/mol. The molecular formula is C31H31N8O6S2+. The second kappa shape index (κ2) is 13.6. The lowest BCUT2D eigenvalue weighted by Gasteiger charge is -2.49. The van der Waals surface area contributed by atoms with E-state index in [4.69, 9.17) is 15.3 Å². The summed E-state index contributed by atoms with van der Waals surface area (Å²) in [6.45, 7) is 2.03. The molecule has 0 saturated carbocycles. The highest BCUT2D eigenvalue weighted by molar-refractivity contribution is 7.86. The number of carbonyl (C=O) groups is 3. The summed E-state index contributed by atoms with van der Waals surface area (Å²) in [5.41, 5.74) is 7.33. The van der Waals surface area contributed by atoms with Crippen LogP contribution in [0.1, 0.15) is 30.0 Å². The van der Waals surface area contributed by atoms with Crippen LogP contribution in [0, 0.1) is 0 Å². The maximum atomic E-state index is 14.2. The molecule has 2 aliphatic heterocycles. The van der Waals surface area contributed by atoms with Crippen LogP contribution in [0.15, 0.2) is 95.8 Å². The van der Waals surface area contributed by atoms with Gasteiger partial charge in [0.25, 0.3) is 11.8 Å². The number of β-lactam (4-membered cyclic amide) rings is 1. The number of fused-ring (bicyclic) bond motifs is 1. The molecule has 0 bridgehead atoms. The molecule has 2 unspecified atom stereocenters. The van der Waals surface area contributed by atoms with Crippen LogP contribution in [0.2, 0.25) is 0 Å². The number of aryl methyl sites for hydroxylation is 1. The number of oxime groups is 1. The number of hydrogen-bond acceptors (Lipinski definition) is 11. The number of nitrogens with one attached hydrogen (secondary N) is 1. The molecule has 242 valence electrons. The highest BCUT2D eigenvalue weighted by Gasteiger charge is 2.58. The predicted octanol–water partition coefficient (Wildman–Crippen LogP) is 1.19. The van der Waals surface area contributed by atoms with E-state index >= 15 is 0 Å². The molecule has 3 N–H and O–H groups in total. The van der Waals surface area contributed by atoms with Crippen LogP contribution in [-0.2, 0) is 48.4 Å². The van der Waals surface area contributed by atoms with Crippen LogP contribution in [0.25, 0.3) is 0 Å². The lowest BCUT2D eigenvalue weighted by atomic mass is 10.0. The zero-order valence-electron chi connectivity index (χ0n) is 25.4. The molecule has 3 atom stereocenters. The van der Waals surface area contributed by atoms with E-state index in [1.54, 1.807) is 19.4 Å². The molecule has 2 aromatic carbocycles. The van der Waals surface area contributed by atoms with E-state index in [2.05, 4.69) is 19.8 Å². The third-order valence-electron chi connectivity index (χ3n) is 7.46. The molecule has 1 saturated heterocycles. The quantitative estimate of drug-likeness (QED) is 0.0778. The standard InChI is InChI=1S/C31H30N8O6S2/c1-3-44-35-22(26-34-31(32)46-36-26)27(40)33-23-28(41)39-24(21(17-47(43)29(23)39)16-38-15-14-37(2)18-38)30(42)45-25(19-10-6-4-7-11-19)20-12-8-5-9-13-20/h4-15,18,23,25,29H,3,16-17H2,1-2H3,(H2-,32,33,34,36,40)/p+1/t23?,29-,47?/m1/s1. The molecule has 16 heteroatoms. The molecule has 4 heterocycles. The van der Waals surface area contributed by atoms with Crippen molar-refractivity contribution >= 4 is 51.0 Å². The summed E-state index contributed by atoms with van der Waals surface area (Å²) in [6.07, 6.45) is 4.66. The van der Waals surface area contributed by atoms with E-state index in [0.29, 0.717) is 5.57 Å². The number of rotatable bonds is 11. The van der Waals surface area contributed by atoms with Gasteiger partial charge in [0.05, 0.1) is 23.6 Å². The van der Waals surface area contributed by atoms with Gasteiger partial charge in [-0.25, -0.2) is 13.9 Å². The number of hydrogen-bond donors (Lipinski definition) is 2. The van der Waals surface area contributed by atoms with Gasteiger partial charge in [-0.2, -0.15) is 9.36 Å². The average molecular weight is 676 g/mol. The van der Waals surface area contributed by atoms with E-state index in [-0.39, 0.29) is 41.3 Å². The van der Waals surface area contributed by atoms with Gasteiger partial charge in [0.1, 0.15) is 42.7 Å². The van der Waals surface area contributed by atoms with Crippen molar-refractivity contribution in [2.75, 3.05) is 18.1 Å². The van der Waals surface area contributed by atoms with Gasteiger partial charge in [0.15, 0.2) is 11.2 Å². The first-order valence-electron chi connectivity index (χ1n) is 14.6. The Morgan fingerprint density at radius 3 is 2.43 bits per heavy atom. The van der Waals surface area contributed by atoms with Gasteiger partial charge >= 0.3 is 5.97 Å². The van der Waals surface area contributed by atoms with E-state index in [9.17, 15) is 18.6 Å². The van der Waals surface area contributed by atoms with Crippen molar-refractivity contribution in [2.24, 2.45) is 12.2 Å². The minimum atomic E-state index is -1.69. The SMILES string of the molecule is CCON=C(C(=O)NC1C(=O)N2C(C(=O)OC(c3ccccc3)c3ccccc3)=C(Cn3cc[n+](C)c3)CS(=O)[C@H]12)c1nsc(N)n1. The summed E-state index contributed by atoms with van der Waals surface area (Å²) in [6, 6.07) is 17.3. The van der Waals surface area contributed by atoms with Crippen LogP contribution >= 0.6 is 11.5 Å². The summed E-state index contributed by atoms with van der Waals surface area (Å²) in [5.74, 6) is -2.31. The van der Waals surface area contributed by atoms with Gasteiger partial charge in [-0.15, -0.1) is 0 Å². The van der Waals surface area contributed by atoms with Gasteiger partial charge in [0.2, 0.25) is 17.9 Å². The molecule has 2 aromatic heterocycles. The minimum absolute atomic E-state index is 0.00420. The van der Waals surface area contributed by atoms with Crippen LogP contribution in [0.4, 0.5) is 5.13 Å². The molecule has 2 aliphatic rings. The van der Waals surface area contributed by atoms with Crippen molar-refractivity contribution in [1.29, 1.82) is 0 Å². The Balaban J connectivity index is 1.33. The Kier molecular flexibility index (Phi) is 9.22. The third-order valence-corrected chi connectivity index (χ3v) is 9.66. The molecule has 2 amide bonds. The number of anilines is 1. The van der Waals surface area contributed by atoms with E-state index in [0.717, 1.165) is 22.7 Å². The molecule has 0 radical (unpaired) electrons. The summed E-state index contributed by atoms with van der Waals surface area (Å²) >= 11 is 0.864. The van der Waals surface area contributed by atoms with Gasteiger partial charge in [-0.3, -0.25) is 18.7 Å². The number of nitrogens with two attached hydrogens (primary N) is 1. The number of carbonyl (C=O) groups excluding carboxylic acids is 3. The van der Waals surface area contributed by atoms with Crippen molar-refractivity contribution in [3.8, 4) is 0 Å². The maximum absolute atomic E-state index is 14.2. The number of imidazole rings is 1. The Morgan fingerprint density at radius 1 is 1.17 bits per heavy atom. The van der Waals surface area contributed by atoms with Crippen molar-refractivity contribution in [3.05, 3.63) is 108 Å². The van der Waals surface area contributed by atoms with Crippen LogP contribution in [0.3, 0.4) is 0 Å². The zero-order chi connectivity index (χ0) is 33.1. The molecule has 14 nitrogen and oxygen atoms in total. The first-order valence-corrected chi connectivity index (χ1v) is 16.7. The monoisotopic (exact) mass is 675 g/mol. The van der Waals surface area contributed by atoms with Crippen LogP contribution < -0.4 is 15.6 Å². The lowest BCUT2D eigenvalue weighted by molar-refractivity contribution is -0.671. The lowest BCUT2D eigenvalue weighted by Crippen LogP contribution is -2.74. The van der Waals surface area contributed by atoms with Gasteiger partial charge in [-0.1, -0.05) is 65.8 Å². The fourth-order valence-corrected chi connectivity index (χ4v) is 7.49. The normalized spacial score (nSPS) is 19.3. The number of nitrogens with zero attached hydrogens (tertiary/aromatic N) is 6. The second-order valence-electron chi connectivity index (χ2n) is 10.7. The number of amides is 2. The Morgan fingerprint density at radius 2 is 1.85 bits per heavy atom. The van der Waals surface area contributed by atoms with Gasteiger partial charge in [-0.05, 0) is 18.1 Å². The summed E-state index contributed by atoms with van der Waals surface area (Å²) < 4.78 is 27.6. The molecule has 47 heavy (non-hydrogen) atoms. The third kappa shape index (κ3) is 6.55. The maximum Gasteiger partial charge on any atom is 0.356 e. The summed E-state index contributed by atoms with van der Waals surface area (Å²) in [5, 5.41) is 5.49. The highest BCUT2D eigenvalue weighted by Crippen LogP contribution is 2.37. The van der Waals surface area contributed by atoms with Crippen LogP contribution in [-0.4, -0.2) is 70.3 Å². The molecule has 1 fully saturated rings. The number of benzene rings is 2. The molecule has 0 spiro atoms. The largest absolute Gasteiger partial charge is 0.448 e.